The highest BCUT2D eigenvalue weighted by Gasteiger charge is 2.68. The van der Waals surface area contributed by atoms with Gasteiger partial charge in [-0.25, -0.2) is 4.79 Å². The topological polar surface area (TPSA) is 131 Å². The summed E-state index contributed by atoms with van der Waals surface area (Å²) in [6.45, 7) is 10.6. The van der Waals surface area contributed by atoms with Crippen LogP contribution < -0.4 is 10.4 Å². The quantitative estimate of drug-likeness (QED) is 0.351. The number of rotatable bonds is 6. The van der Waals surface area contributed by atoms with Crippen LogP contribution in [0.4, 0.5) is 0 Å². The summed E-state index contributed by atoms with van der Waals surface area (Å²) in [4.78, 5) is 54.4. The lowest BCUT2D eigenvalue weighted by molar-refractivity contribution is -0.251. The Morgan fingerprint density at radius 3 is 2.48 bits per heavy atom. The van der Waals surface area contributed by atoms with E-state index in [0.29, 0.717) is 48.3 Å². The van der Waals surface area contributed by atoms with Gasteiger partial charge in [-0.2, -0.15) is 0 Å². The van der Waals surface area contributed by atoms with Crippen LogP contribution in [0.3, 0.4) is 0 Å². The zero-order valence-electron chi connectivity index (χ0n) is 25.1. The van der Waals surface area contributed by atoms with Gasteiger partial charge in [-0.15, -0.1) is 0 Å². The minimum Gasteiger partial charge on any atom is -0.483 e. The maximum atomic E-state index is 13.4. The van der Waals surface area contributed by atoms with E-state index >= 15 is 0 Å². The fraction of sp³-hybridized carbons (Fsp3) is 0.594. The summed E-state index contributed by atoms with van der Waals surface area (Å²) in [5, 5.41) is 0. The minimum absolute atomic E-state index is 0.0342. The van der Waals surface area contributed by atoms with Gasteiger partial charge in [-0.05, 0) is 56.1 Å². The van der Waals surface area contributed by atoms with Gasteiger partial charge in [0.25, 0.3) is 0 Å². The molecule has 3 heterocycles. The number of pyridine rings is 1. The third-order valence-corrected chi connectivity index (χ3v) is 10.00. The van der Waals surface area contributed by atoms with Crippen molar-refractivity contribution in [3.05, 3.63) is 46.6 Å². The van der Waals surface area contributed by atoms with Crippen molar-refractivity contribution < 1.29 is 37.7 Å². The average Bonchev–Trinajstić information content (AvgIpc) is 2.94. The van der Waals surface area contributed by atoms with E-state index in [4.69, 9.17) is 23.4 Å². The predicted molar refractivity (Wildman–Crippen MR) is 150 cm³/mol. The van der Waals surface area contributed by atoms with Crippen molar-refractivity contribution in [1.29, 1.82) is 0 Å². The van der Waals surface area contributed by atoms with Crippen molar-refractivity contribution in [1.82, 2.24) is 4.98 Å². The molecule has 2 aromatic rings. The molecule has 0 amide bonds. The third kappa shape index (κ3) is 4.98. The van der Waals surface area contributed by atoms with Gasteiger partial charge in [0.15, 0.2) is 0 Å². The maximum absolute atomic E-state index is 13.4. The molecule has 3 aliphatic rings. The highest BCUT2D eigenvalue weighted by Crippen LogP contribution is 2.65. The minimum atomic E-state index is -0.973. The zero-order chi connectivity index (χ0) is 30.4. The van der Waals surface area contributed by atoms with Crippen LogP contribution in [0.25, 0.3) is 11.3 Å². The van der Waals surface area contributed by atoms with Gasteiger partial charge in [0, 0.05) is 55.6 Å². The summed E-state index contributed by atoms with van der Waals surface area (Å²) in [5.41, 5.74) is -1.63. The first-order valence-electron chi connectivity index (χ1n) is 14.6. The van der Waals surface area contributed by atoms with E-state index in [-0.39, 0.29) is 30.8 Å². The molecule has 0 unspecified atom stereocenters. The number of aromatic nitrogens is 1. The summed E-state index contributed by atoms with van der Waals surface area (Å²) < 4.78 is 30.0. The van der Waals surface area contributed by atoms with Crippen LogP contribution in [0.15, 0.2) is 39.8 Å². The molecule has 0 N–H and O–H groups in total. The molecule has 10 heteroatoms. The first-order chi connectivity index (χ1) is 19.8. The second-order valence-corrected chi connectivity index (χ2v) is 12.6. The molecule has 0 saturated heterocycles. The molecule has 2 fully saturated rings. The summed E-state index contributed by atoms with van der Waals surface area (Å²) >= 11 is 0. The highest BCUT2D eigenvalue weighted by molar-refractivity contribution is 5.69. The van der Waals surface area contributed by atoms with Crippen molar-refractivity contribution in [3.8, 4) is 17.1 Å². The molecule has 0 radical (unpaired) electrons. The summed E-state index contributed by atoms with van der Waals surface area (Å²) in [7, 11) is 0. The van der Waals surface area contributed by atoms with E-state index in [1.54, 1.807) is 37.5 Å². The predicted octanol–water partition coefficient (Wildman–Crippen LogP) is 4.65. The average molecular weight is 582 g/mol. The van der Waals surface area contributed by atoms with E-state index in [2.05, 4.69) is 11.9 Å². The molecule has 0 bridgehead atoms. The van der Waals surface area contributed by atoms with Crippen LogP contribution in [-0.4, -0.2) is 47.3 Å². The first-order valence-corrected chi connectivity index (χ1v) is 14.6. The second-order valence-electron chi connectivity index (χ2n) is 12.6. The van der Waals surface area contributed by atoms with Crippen LogP contribution >= 0.6 is 0 Å². The summed E-state index contributed by atoms with van der Waals surface area (Å²) in [6, 6.07) is 5.27. The molecule has 1 aliphatic heterocycles. The molecule has 0 spiro atoms. The Morgan fingerprint density at radius 1 is 1.07 bits per heavy atom. The van der Waals surface area contributed by atoms with Gasteiger partial charge < -0.3 is 23.4 Å². The molecule has 2 aromatic heterocycles. The molecular weight excluding hydrogens is 542 g/mol. The normalized spacial score (nSPS) is 33.2. The maximum Gasteiger partial charge on any atom is 0.343 e. The fourth-order valence-electron chi connectivity index (χ4n) is 7.90. The monoisotopic (exact) mass is 581 g/mol. The van der Waals surface area contributed by atoms with Crippen molar-refractivity contribution >= 4 is 17.9 Å². The second kappa shape index (κ2) is 10.9. The lowest BCUT2D eigenvalue weighted by atomic mass is 9.43. The van der Waals surface area contributed by atoms with E-state index in [1.165, 1.54) is 13.8 Å². The third-order valence-electron chi connectivity index (χ3n) is 10.00. The number of hydrogen-bond donors (Lipinski definition) is 0. The van der Waals surface area contributed by atoms with Crippen molar-refractivity contribution in [2.45, 2.75) is 91.5 Å². The van der Waals surface area contributed by atoms with Gasteiger partial charge in [-0.3, -0.25) is 19.4 Å². The molecule has 226 valence electrons. The van der Waals surface area contributed by atoms with Gasteiger partial charge in [0.2, 0.25) is 0 Å². The lowest BCUT2D eigenvalue weighted by Crippen LogP contribution is -2.70. The van der Waals surface area contributed by atoms with Crippen molar-refractivity contribution in [2.24, 2.45) is 22.7 Å². The molecule has 7 atom stereocenters. The van der Waals surface area contributed by atoms with Crippen LogP contribution in [-0.2, 0) is 35.0 Å². The molecule has 0 aromatic carbocycles. The van der Waals surface area contributed by atoms with Gasteiger partial charge in [0.1, 0.15) is 35.9 Å². The Labute approximate surface area is 245 Å². The number of carbonyl (C=O) groups excluding carboxylic acids is 3. The lowest BCUT2D eigenvalue weighted by Gasteiger charge is -2.65. The van der Waals surface area contributed by atoms with Crippen molar-refractivity contribution in [2.75, 3.05) is 6.61 Å². The summed E-state index contributed by atoms with van der Waals surface area (Å²) in [5.74, 6) is -0.946. The number of ether oxygens (including phenoxy) is 4. The number of nitrogens with zero attached hydrogens (tertiary/aromatic N) is 1. The molecular formula is C32H39NO9. The first kappa shape index (κ1) is 29.8. The van der Waals surface area contributed by atoms with Gasteiger partial charge in [-0.1, -0.05) is 20.8 Å². The Kier molecular flexibility index (Phi) is 7.70. The number of fused-ring (bicyclic) bond motifs is 4. The van der Waals surface area contributed by atoms with E-state index in [1.807, 2.05) is 13.8 Å². The van der Waals surface area contributed by atoms with E-state index < -0.39 is 46.2 Å². The fourth-order valence-corrected chi connectivity index (χ4v) is 7.90. The van der Waals surface area contributed by atoms with E-state index in [9.17, 15) is 19.2 Å². The van der Waals surface area contributed by atoms with Crippen LogP contribution in [0.1, 0.15) is 72.8 Å². The Morgan fingerprint density at radius 2 is 1.83 bits per heavy atom. The van der Waals surface area contributed by atoms with Crippen LogP contribution in [0.5, 0.6) is 5.75 Å². The number of carbonyl (C=O) groups is 3. The standard InChI is InChI=1S/C32H39NO9/c1-7-28(36)41-27-15-24-30(4,11-10-26(39-19(3)35)31(24,5)17-38-18(2)34)25-13-21-23(42-32(25,27)6)14-22(40-29(21)37)20-9-8-12-33-16-20/h8-9,12,14,16,24-27H,7,10-11,13,15,17H2,1-6H3/t24-,25-,26+,27+,30+,31+,32+/m1/s1. The van der Waals surface area contributed by atoms with Crippen LogP contribution in [0.2, 0.25) is 0 Å². The number of esters is 3. The smallest absolute Gasteiger partial charge is 0.343 e. The Bertz CT molecular complexity index is 1440. The zero-order valence-corrected chi connectivity index (χ0v) is 25.1. The largest absolute Gasteiger partial charge is 0.483 e. The van der Waals surface area contributed by atoms with Crippen molar-refractivity contribution in [3.63, 3.8) is 0 Å². The Hall–Kier alpha value is -3.69. The SMILES string of the molecule is CCC(=O)O[C@H]1C[C@H]2[C@](C)(COC(C)=O)[C@@H](OC(C)=O)CC[C@]2(C)[C@H]2Cc3c(cc(-c4cccnc4)oc3=O)O[C@]12C. The molecule has 2 saturated carbocycles. The Balaban J connectivity index is 1.63. The molecule has 5 rings (SSSR count). The highest BCUT2D eigenvalue weighted by atomic mass is 16.6. The van der Waals surface area contributed by atoms with Gasteiger partial charge in [0.05, 0.1) is 5.56 Å². The molecule has 42 heavy (non-hydrogen) atoms. The number of hydrogen-bond acceptors (Lipinski definition) is 10. The molecule has 10 nitrogen and oxygen atoms in total. The molecule has 2 aliphatic carbocycles. The van der Waals surface area contributed by atoms with Crippen LogP contribution in [0, 0.1) is 22.7 Å². The van der Waals surface area contributed by atoms with Gasteiger partial charge >= 0.3 is 23.5 Å². The summed E-state index contributed by atoms with van der Waals surface area (Å²) in [6.07, 6.45) is 4.20. The van der Waals surface area contributed by atoms with E-state index in [0.717, 1.165) is 0 Å².